The number of rotatable bonds is 0. The van der Waals surface area contributed by atoms with Gasteiger partial charge in [-0.05, 0) is 0 Å². The average molecular weight is 211 g/mol. The summed E-state index contributed by atoms with van der Waals surface area (Å²) in [7, 11) is 0. The minimum Gasteiger partial charge on any atom is -0.674 e. The summed E-state index contributed by atoms with van der Waals surface area (Å²) in [4.78, 5) is 3.61. The van der Waals surface area contributed by atoms with E-state index < -0.39 is 0 Å². The quantitative estimate of drug-likeness (QED) is 0.513. The third kappa shape index (κ3) is 2.09. The van der Waals surface area contributed by atoms with Crippen LogP contribution in [0.25, 0.3) is 0 Å². The van der Waals surface area contributed by atoms with Crippen LogP contribution in [0.4, 0.5) is 0 Å². The molecule has 6 heavy (non-hydrogen) atoms. The van der Waals surface area contributed by atoms with Crippen LogP contribution in [0.1, 0.15) is 0 Å². The zero-order valence-corrected chi connectivity index (χ0v) is 7.05. The fraction of sp³-hybridized carbons (Fsp3) is 0.667. The SMILES string of the molecule is [C-]1=NCCO1.[Pr]. The second kappa shape index (κ2) is 4.01. The fourth-order valence-corrected chi connectivity index (χ4v) is 0.228. The molecule has 3 heteroatoms. The Kier molecular flexibility index (Phi) is 4.56. The van der Waals surface area contributed by atoms with Crippen molar-refractivity contribution in [2.75, 3.05) is 13.2 Å². The molecule has 0 amide bonds. The summed E-state index contributed by atoms with van der Waals surface area (Å²) in [5.41, 5.74) is 0. The van der Waals surface area contributed by atoms with Gasteiger partial charge in [0.25, 0.3) is 0 Å². The Morgan fingerprint density at radius 2 is 2.50 bits per heavy atom. The first-order valence-corrected chi connectivity index (χ1v) is 1.53. The number of ether oxygens (including phenoxy) is 1. The number of hydrogen-bond acceptors (Lipinski definition) is 2. The van der Waals surface area contributed by atoms with Crippen molar-refractivity contribution < 1.29 is 46.0 Å². The second-order valence-electron chi connectivity index (χ2n) is 0.821. The van der Waals surface area contributed by atoms with Gasteiger partial charge >= 0.3 is 0 Å². The molecular formula is C3H4NOPr-. The van der Waals surface area contributed by atoms with Gasteiger partial charge < -0.3 is 9.73 Å². The van der Waals surface area contributed by atoms with Gasteiger partial charge in [-0.1, -0.05) is 0 Å². The molecule has 1 aliphatic rings. The van der Waals surface area contributed by atoms with Crippen molar-refractivity contribution in [1.82, 2.24) is 0 Å². The summed E-state index contributed by atoms with van der Waals surface area (Å²) in [5.74, 6) is 0. The molecule has 0 saturated heterocycles. The zero-order valence-electron chi connectivity index (χ0n) is 3.35. The van der Waals surface area contributed by atoms with Crippen molar-refractivity contribution in [3.63, 3.8) is 0 Å². The molecule has 0 aromatic carbocycles. The second-order valence-corrected chi connectivity index (χ2v) is 0.821. The monoisotopic (exact) mass is 211 g/mol. The Labute approximate surface area is 69.9 Å². The van der Waals surface area contributed by atoms with Crippen molar-refractivity contribution in [2.45, 2.75) is 0 Å². The zero-order chi connectivity index (χ0) is 3.54. The predicted molar refractivity (Wildman–Crippen MR) is 18.3 cm³/mol. The van der Waals surface area contributed by atoms with E-state index in [1.54, 1.807) is 0 Å². The van der Waals surface area contributed by atoms with Gasteiger partial charge in [0.1, 0.15) is 0 Å². The van der Waals surface area contributed by atoms with E-state index in [-0.39, 0.29) is 41.3 Å². The largest absolute Gasteiger partial charge is 0.674 e. The first-order valence-electron chi connectivity index (χ1n) is 1.53. The standard InChI is InChI=1S/C3H4NO.Pr/c1-2-5-3-4-1;/h1-2H2;/q-1;. The third-order valence-electron chi connectivity index (χ3n) is 0.434. The molecule has 1 radical (unpaired) electrons. The summed E-state index contributed by atoms with van der Waals surface area (Å²) in [6.45, 7) is 1.51. The first-order chi connectivity index (χ1) is 2.50. The topological polar surface area (TPSA) is 21.6 Å². The molecule has 1 rings (SSSR count). The summed E-state index contributed by atoms with van der Waals surface area (Å²) >= 11 is 0. The number of nitrogens with zero attached hydrogens (tertiary/aromatic N) is 1. The molecule has 31 valence electrons. The van der Waals surface area contributed by atoms with E-state index in [0.717, 1.165) is 13.2 Å². The molecule has 1 aliphatic heterocycles. The molecule has 0 atom stereocenters. The van der Waals surface area contributed by atoms with E-state index >= 15 is 0 Å². The van der Waals surface area contributed by atoms with Crippen LogP contribution in [0, 0.1) is 41.3 Å². The molecule has 0 fully saturated rings. The Balaban J connectivity index is 0.000000250. The molecule has 1 heterocycles. The summed E-state index contributed by atoms with van der Waals surface area (Å²) in [6.07, 6.45) is 2.35. The number of aliphatic imine (C=N–C) groups is 1. The molecule has 2 nitrogen and oxygen atoms in total. The Bertz CT molecular complexity index is 48.8. The fourth-order valence-electron chi connectivity index (χ4n) is 0.228. The van der Waals surface area contributed by atoms with Crippen LogP contribution in [0.3, 0.4) is 0 Å². The molecule has 0 N–H and O–H groups in total. The van der Waals surface area contributed by atoms with Crippen molar-refractivity contribution in [2.24, 2.45) is 4.99 Å². The Hall–Kier alpha value is 0.834. The maximum atomic E-state index is 4.53. The molecule has 0 spiro atoms. The van der Waals surface area contributed by atoms with Crippen LogP contribution < -0.4 is 0 Å². The van der Waals surface area contributed by atoms with Gasteiger partial charge in [-0.3, -0.25) is 0 Å². The summed E-state index contributed by atoms with van der Waals surface area (Å²) in [6, 6.07) is 0. The predicted octanol–water partition coefficient (Wildman–Crippen LogP) is -0.0781. The van der Waals surface area contributed by atoms with E-state index in [1.165, 1.54) is 0 Å². The summed E-state index contributed by atoms with van der Waals surface area (Å²) in [5, 5.41) is 0. The molecule has 0 bridgehead atoms. The van der Waals surface area contributed by atoms with Gasteiger partial charge in [0, 0.05) is 47.8 Å². The van der Waals surface area contributed by atoms with Crippen LogP contribution >= 0.6 is 0 Å². The molecule has 0 aliphatic carbocycles. The van der Waals surface area contributed by atoms with E-state index in [9.17, 15) is 0 Å². The summed E-state index contributed by atoms with van der Waals surface area (Å²) < 4.78 is 4.53. The Morgan fingerprint density at radius 3 is 2.67 bits per heavy atom. The van der Waals surface area contributed by atoms with Gasteiger partial charge in [0.15, 0.2) is 0 Å². The van der Waals surface area contributed by atoms with Crippen LogP contribution in [0.15, 0.2) is 4.99 Å². The molecular weight excluding hydrogens is 207 g/mol. The van der Waals surface area contributed by atoms with Gasteiger partial charge in [0.2, 0.25) is 0 Å². The van der Waals surface area contributed by atoms with E-state index in [2.05, 4.69) is 16.1 Å². The van der Waals surface area contributed by atoms with Crippen LogP contribution in [0.2, 0.25) is 0 Å². The van der Waals surface area contributed by atoms with Crippen molar-refractivity contribution >= 4 is 6.40 Å². The van der Waals surface area contributed by atoms with Crippen LogP contribution in [-0.4, -0.2) is 19.6 Å². The van der Waals surface area contributed by atoms with Crippen molar-refractivity contribution in [3.8, 4) is 0 Å². The van der Waals surface area contributed by atoms with Gasteiger partial charge in [0.05, 0.1) is 6.61 Å². The van der Waals surface area contributed by atoms with Crippen LogP contribution in [-0.2, 0) is 4.74 Å². The third-order valence-corrected chi connectivity index (χ3v) is 0.434. The minimum atomic E-state index is 0. The van der Waals surface area contributed by atoms with E-state index in [1.807, 2.05) is 0 Å². The molecule has 0 aromatic rings. The Morgan fingerprint density at radius 1 is 1.67 bits per heavy atom. The maximum Gasteiger partial charge on any atom is 0.0637 e. The van der Waals surface area contributed by atoms with E-state index in [0.29, 0.717) is 0 Å². The first kappa shape index (κ1) is 6.83. The molecule has 0 saturated carbocycles. The molecule has 0 unspecified atom stereocenters. The van der Waals surface area contributed by atoms with Gasteiger partial charge in [-0.15, -0.1) is 0 Å². The average Bonchev–Trinajstić information content (AvgIpc) is 1.76. The minimum absolute atomic E-state index is 0. The van der Waals surface area contributed by atoms with Gasteiger partial charge in [-0.25, -0.2) is 6.40 Å². The normalized spacial score (nSPS) is 16.0. The van der Waals surface area contributed by atoms with Gasteiger partial charge in [-0.2, -0.15) is 0 Å². The van der Waals surface area contributed by atoms with Crippen molar-refractivity contribution in [3.05, 3.63) is 0 Å². The maximum absolute atomic E-state index is 4.53. The smallest absolute Gasteiger partial charge is 0.0637 e. The number of hydrogen-bond donors (Lipinski definition) is 0. The van der Waals surface area contributed by atoms with Crippen LogP contribution in [0.5, 0.6) is 0 Å². The van der Waals surface area contributed by atoms with E-state index in [4.69, 9.17) is 0 Å². The van der Waals surface area contributed by atoms with Crippen molar-refractivity contribution in [1.29, 1.82) is 0 Å². The molecule has 0 aromatic heterocycles.